The molecule has 4 heteroatoms. The van der Waals surface area contributed by atoms with Gasteiger partial charge in [-0.25, -0.2) is 0 Å². The average Bonchev–Trinajstić information content (AvgIpc) is 3.08. The van der Waals surface area contributed by atoms with Crippen LogP contribution in [0, 0.1) is 34.5 Å². The molecule has 0 aromatic carbocycles. The first kappa shape index (κ1) is 16.0. The summed E-state index contributed by atoms with van der Waals surface area (Å²) in [5.41, 5.74) is -0.714. The van der Waals surface area contributed by atoms with E-state index in [1.54, 1.807) is 6.92 Å². The lowest BCUT2D eigenvalue weighted by atomic mass is 9.89. The molecule has 0 aliphatic heterocycles. The summed E-state index contributed by atoms with van der Waals surface area (Å²) in [6.07, 6.45) is 5.90. The molecule has 0 heterocycles. The van der Waals surface area contributed by atoms with Gasteiger partial charge in [-0.05, 0) is 44.4 Å². The third-order valence-electron chi connectivity index (χ3n) is 4.71. The largest absolute Gasteiger partial charge is 0.469 e. The fourth-order valence-electron chi connectivity index (χ4n) is 2.97. The number of fused-ring (bicyclic) bond motifs is 2. The molecule has 0 aromatic heterocycles. The highest BCUT2D eigenvalue weighted by Gasteiger charge is 2.39. The lowest BCUT2D eigenvalue weighted by Gasteiger charge is -2.21. The molecular weight excluding hydrogens is 242 g/mol. The number of aliphatic hydroxyl groups is 1. The molecule has 1 N–H and O–H groups in total. The average molecular weight is 267 g/mol. The molecule has 0 saturated heterocycles. The summed E-state index contributed by atoms with van der Waals surface area (Å²) in [5.74, 6) is 1.81. The predicted octanol–water partition coefficient (Wildman–Crippen LogP) is 2.51. The van der Waals surface area contributed by atoms with Gasteiger partial charge in [-0.3, -0.25) is 4.79 Å². The summed E-state index contributed by atoms with van der Waals surface area (Å²) in [6, 6.07) is 2.40. The minimum Gasteiger partial charge on any atom is -0.469 e. The van der Waals surface area contributed by atoms with Crippen LogP contribution in [0.3, 0.4) is 0 Å². The molecule has 2 aliphatic carbocycles. The van der Waals surface area contributed by atoms with Gasteiger partial charge in [0.2, 0.25) is 0 Å². The number of methoxy groups -OCH3 is 1. The van der Waals surface area contributed by atoms with E-state index >= 15 is 0 Å². The minimum absolute atomic E-state index is 0.157. The van der Waals surface area contributed by atoms with Crippen LogP contribution in [0.25, 0.3) is 0 Å². The van der Waals surface area contributed by atoms with E-state index in [0.717, 1.165) is 11.8 Å². The molecule has 4 nitrogen and oxygen atoms in total. The van der Waals surface area contributed by atoms with Gasteiger partial charge < -0.3 is 9.84 Å². The van der Waals surface area contributed by atoms with Gasteiger partial charge in [0.05, 0.1) is 25.2 Å². The van der Waals surface area contributed by atoms with E-state index in [1.165, 1.54) is 32.8 Å². The van der Waals surface area contributed by atoms with Crippen LogP contribution in [-0.4, -0.2) is 24.8 Å². The zero-order chi connectivity index (χ0) is 14.5. The summed E-state index contributed by atoms with van der Waals surface area (Å²) in [4.78, 5) is 10.9. The fraction of sp³-hybridized carbons (Fsp3) is 0.867. The first-order valence-corrected chi connectivity index (χ1v) is 7.09. The summed E-state index contributed by atoms with van der Waals surface area (Å²) in [7, 11) is 1.33. The summed E-state index contributed by atoms with van der Waals surface area (Å²) in [5, 5.41) is 17.4. The molecule has 0 spiro atoms. The van der Waals surface area contributed by atoms with Gasteiger partial charge in [0.25, 0.3) is 0 Å². The molecule has 0 amide bonds. The predicted molar refractivity (Wildman–Crippen MR) is 72.1 cm³/mol. The highest BCUT2D eigenvalue weighted by molar-refractivity contribution is 5.76. The van der Waals surface area contributed by atoms with E-state index in [1.807, 2.05) is 6.92 Å². The van der Waals surface area contributed by atoms with Gasteiger partial charge in [-0.15, -0.1) is 0 Å². The van der Waals surface area contributed by atoms with Crippen molar-refractivity contribution in [3.05, 3.63) is 0 Å². The van der Waals surface area contributed by atoms with Gasteiger partial charge >= 0.3 is 5.97 Å². The van der Waals surface area contributed by atoms with Crippen LogP contribution in [0.2, 0.25) is 0 Å². The highest BCUT2D eigenvalue weighted by Crippen LogP contribution is 2.47. The number of esters is 1. The van der Waals surface area contributed by atoms with Gasteiger partial charge in [0.15, 0.2) is 0 Å². The van der Waals surface area contributed by atoms with Crippen molar-refractivity contribution in [1.29, 1.82) is 5.26 Å². The molecule has 0 radical (unpaired) electrons. The SMILES string of the molecule is CCC(C)(CO)C(=O)OC.N#CC1CC2CCC1C2. The van der Waals surface area contributed by atoms with Crippen LogP contribution in [0.15, 0.2) is 0 Å². The maximum absolute atomic E-state index is 10.9. The Hall–Kier alpha value is -1.08. The van der Waals surface area contributed by atoms with Crippen LogP contribution in [0.5, 0.6) is 0 Å². The maximum Gasteiger partial charge on any atom is 0.313 e. The molecule has 2 saturated carbocycles. The first-order valence-electron chi connectivity index (χ1n) is 7.09. The lowest BCUT2D eigenvalue weighted by molar-refractivity contribution is -0.154. The second-order valence-corrected chi connectivity index (χ2v) is 5.97. The maximum atomic E-state index is 10.9. The fourth-order valence-corrected chi connectivity index (χ4v) is 2.97. The van der Waals surface area contributed by atoms with Gasteiger partial charge in [0, 0.05) is 5.92 Å². The topological polar surface area (TPSA) is 70.3 Å². The molecule has 2 rings (SSSR count). The number of aliphatic hydroxyl groups excluding tert-OH is 1. The Morgan fingerprint density at radius 3 is 2.37 bits per heavy atom. The number of nitriles is 1. The van der Waals surface area contributed by atoms with Crippen LogP contribution in [0.1, 0.15) is 46.0 Å². The number of carbonyl (C=O) groups excluding carboxylic acids is 1. The van der Waals surface area contributed by atoms with Crippen molar-refractivity contribution in [2.45, 2.75) is 46.0 Å². The number of ether oxygens (including phenoxy) is 1. The Kier molecular flexibility index (Phi) is 5.81. The van der Waals surface area contributed by atoms with Gasteiger partial charge in [-0.1, -0.05) is 13.3 Å². The monoisotopic (exact) mass is 267 g/mol. The summed E-state index contributed by atoms with van der Waals surface area (Å²) in [6.45, 7) is 3.36. The van der Waals surface area contributed by atoms with E-state index in [2.05, 4.69) is 10.8 Å². The Morgan fingerprint density at radius 1 is 1.47 bits per heavy atom. The van der Waals surface area contributed by atoms with Crippen molar-refractivity contribution >= 4 is 5.97 Å². The van der Waals surface area contributed by atoms with Crippen molar-refractivity contribution in [2.24, 2.45) is 23.2 Å². The van der Waals surface area contributed by atoms with Crippen LogP contribution >= 0.6 is 0 Å². The highest BCUT2D eigenvalue weighted by atomic mass is 16.5. The van der Waals surface area contributed by atoms with Crippen LogP contribution in [0.4, 0.5) is 0 Å². The Bertz CT molecular complexity index is 344. The second kappa shape index (κ2) is 6.91. The molecule has 108 valence electrons. The number of rotatable bonds is 3. The standard InChI is InChI=1S/C8H11N.C7H14O3/c9-5-8-4-6-1-2-7(8)3-6;1-4-7(2,5-8)6(9)10-3/h6-8H,1-4H2;8H,4-5H2,1-3H3. The van der Waals surface area contributed by atoms with E-state index in [0.29, 0.717) is 12.3 Å². The van der Waals surface area contributed by atoms with Crippen LogP contribution < -0.4 is 0 Å². The molecule has 2 aliphatic rings. The Labute approximate surface area is 115 Å². The number of carbonyl (C=O) groups is 1. The van der Waals surface area contributed by atoms with Gasteiger partial charge in [-0.2, -0.15) is 5.26 Å². The van der Waals surface area contributed by atoms with E-state index in [9.17, 15) is 4.79 Å². The first-order chi connectivity index (χ1) is 9.00. The minimum atomic E-state index is -0.714. The second-order valence-electron chi connectivity index (χ2n) is 5.97. The van der Waals surface area contributed by atoms with Gasteiger partial charge in [0.1, 0.15) is 0 Å². The molecule has 19 heavy (non-hydrogen) atoms. The van der Waals surface area contributed by atoms with E-state index in [-0.39, 0.29) is 12.6 Å². The molecule has 0 aromatic rings. The lowest BCUT2D eigenvalue weighted by Crippen LogP contribution is -2.31. The Balaban J connectivity index is 0.000000190. The summed E-state index contributed by atoms with van der Waals surface area (Å²) >= 11 is 0. The zero-order valence-electron chi connectivity index (χ0n) is 12.2. The van der Waals surface area contributed by atoms with Crippen molar-refractivity contribution in [3.8, 4) is 6.07 Å². The molecule has 4 unspecified atom stereocenters. The van der Waals surface area contributed by atoms with Crippen LogP contribution in [-0.2, 0) is 9.53 Å². The quantitative estimate of drug-likeness (QED) is 0.798. The number of hydrogen-bond donors (Lipinski definition) is 1. The smallest absolute Gasteiger partial charge is 0.313 e. The zero-order valence-corrected chi connectivity index (χ0v) is 12.2. The molecule has 2 fully saturated rings. The third-order valence-corrected chi connectivity index (χ3v) is 4.71. The number of nitrogens with zero attached hydrogens (tertiary/aromatic N) is 1. The van der Waals surface area contributed by atoms with Crippen molar-refractivity contribution < 1.29 is 14.6 Å². The van der Waals surface area contributed by atoms with Crippen molar-refractivity contribution in [3.63, 3.8) is 0 Å². The molecule has 2 bridgehead atoms. The molecule has 4 atom stereocenters. The summed E-state index contributed by atoms with van der Waals surface area (Å²) < 4.78 is 4.50. The normalized spacial score (nSPS) is 30.8. The van der Waals surface area contributed by atoms with E-state index in [4.69, 9.17) is 10.4 Å². The van der Waals surface area contributed by atoms with Crippen molar-refractivity contribution in [2.75, 3.05) is 13.7 Å². The number of hydrogen-bond acceptors (Lipinski definition) is 4. The molecular formula is C15H25NO3. The van der Waals surface area contributed by atoms with Crippen molar-refractivity contribution in [1.82, 2.24) is 0 Å². The Morgan fingerprint density at radius 2 is 2.16 bits per heavy atom. The third kappa shape index (κ3) is 3.70. The van der Waals surface area contributed by atoms with E-state index < -0.39 is 5.41 Å².